The molecule has 0 radical (unpaired) electrons. The van der Waals surface area contributed by atoms with Gasteiger partial charge in [0.1, 0.15) is 0 Å². The van der Waals surface area contributed by atoms with Crippen LogP contribution in [0.5, 0.6) is 11.5 Å². The van der Waals surface area contributed by atoms with Gasteiger partial charge in [0.2, 0.25) is 0 Å². The monoisotopic (exact) mass is 301 g/mol. The molecule has 1 aliphatic carbocycles. The molecule has 116 valence electrons. The summed E-state index contributed by atoms with van der Waals surface area (Å²) in [5.41, 5.74) is 2.10. The van der Waals surface area contributed by atoms with Crippen LogP contribution >= 0.6 is 0 Å². The van der Waals surface area contributed by atoms with E-state index in [1.165, 1.54) is 12.8 Å². The Labute approximate surface area is 128 Å². The standard InChI is InChI=1S/C16H19N3O3/c1-21-14-6-3-10(8-15(14)22-2)13-7-11(16(20)19-18-13)9-17-12-4-5-12/h3,6-8,12,17H,4-5,9H2,1-2H3,(H,19,20). The van der Waals surface area contributed by atoms with Crippen molar-refractivity contribution in [2.45, 2.75) is 25.4 Å². The first-order valence-electron chi connectivity index (χ1n) is 7.25. The molecule has 0 saturated heterocycles. The quantitative estimate of drug-likeness (QED) is 0.849. The number of nitrogens with zero attached hydrogens (tertiary/aromatic N) is 1. The maximum absolute atomic E-state index is 11.9. The lowest BCUT2D eigenvalue weighted by Gasteiger charge is -2.10. The molecule has 22 heavy (non-hydrogen) atoms. The van der Waals surface area contributed by atoms with Gasteiger partial charge in [-0.2, -0.15) is 5.10 Å². The number of rotatable bonds is 6. The van der Waals surface area contributed by atoms with E-state index in [1.807, 2.05) is 24.3 Å². The normalized spacial score (nSPS) is 13.9. The van der Waals surface area contributed by atoms with Crippen LogP contribution in [-0.2, 0) is 6.54 Å². The summed E-state index contributed by atoms with van der Waals surface area (Å²) in [6, 6.07) is 7.92. The van der Waals surface area contributed by atoms with Crippen molar-refractivity contribution in [3.05, 3.63) is 40.2 Å². The summed E-state index contributed by atoms with van der Waals surface area (Å²) in [6.07, 6.45) is 2.37. The van der Waals surface area contributed by atoms with Crippen LogP contribution in [0.25, 0.3) is 11.3 Å². The Kier molecular flexibility index (Phi) is 4.11. The highest BCUT2D eigenvalue weighted by Crippen LogP contribution is 2.31. The van der Waals surface area contributed by atoms with Gasteiger partial charge in [-0.25, -0.2) is 5.10 Å². The second kappa shape index (κ2) is 6.19. The van der Waals surface area contributed by atoms with Crippen molar-refractivity contribution in [2.75, 3.05) is 14.2 Å². The van der Waals surface area contributed by atoms with Crippen molar-refractivity contribution in [1.82, 2.24) is 15.5 Å². The number of H-pyrrole nitrogens is 1. The van der Waals surface area contributed by atoms with Crippen LogP contribution in [0.4, 0.5) is 0 Å². The Hall–Kier alpha value is -2.34. The summed E-state index contributed by atoms with van der Waals surface area (Å²) in [5.74, 6) is 1.29. The van der Waals surface area contributed by atoms with E-state index in [9.17, 15) is 4.79 Å². The van der Waals surface area contributed by atoms with Crippen molar-refractivity contribution in [3.8, 4) is 22.8 Å². The number of methoxy groups -OCH3 is 2. The topological polar surface area (TPSA) is 76.2 Å². The summed E-state index contributed by atoms with van der Waals surface area (Å²) < 4.78 is 10.5. The molecule has 6 nitrogen and oxygen atoms in total. The van der Waals surface area contributed by atoms with Crippen molar-refractivity contribution in [1.29, 1.82) is 0 Å². The summed E-state index contributed by atoms with van der Waals surface area (Å²) in [6.45, 7) is 0.558. The predicted molar refractivity (Wildman–Crippen MR) is 83.3 cm³/mol. The number of nitrogens with one attached hydrogen (secondary N) is 2. The lowest BCUT2D eigenvalue weighted by atomic mass is 10.1. The van der Waals surface area contributed by atoms with E-state index >= 15 is 0 Å². The molecule has 6 heteroatoms. The van der Waals surface area contributed by atoms with Gasteiger partial charge in [-0.3, -0.25) is 4.79 Å². The van der Waals surface area contributed by atoms with Crippen LogP contribution in [0, 0.1) is 0 Å². The molecular weight excluding hydrogens is 282 g/mol. The fraction of sp³-hybridized carbons (Fsp3) is 0.375. The summed E-state index contributed by atoms with van der Waals surface area (Å²) in [4.78, 5) is 11.9. The minimum absolute atomic E-state index is 0.155. The molecule has 1 aromatic carbocycles. The van der Waals surface area contributed by atoms with Crippen molar-refractivity contribution in [2.24, 2.45) is 0 Å². The van der Waals surface area contributed by atoms with Gasteiger partial charge in [0.25, 0.3) is 5.56 Å². The van der Waals surface area contributed by atoms with Crippen LogP contribution in [0.1, 0.15) is 18.4 Å². The minimum atomic E-state index is -0.155. The van der Waals surface area contributed by atoms with E-state index in [0.29, 0.717) is 35.3 Å². The van der Waals surface area contributed by atoms with Gasteiger partial charge in [0.15, 0.2) is 11.5 Å². The van der Waals surface area contributed by atoms with Crippen molar-refractivity contribution in [3.63, 3.8) is 0 Å². The molecule has 2 aromatic rings. The zero-order valence-electron chi connectivity index (χ0n) is 12.7. The van der Waals surface area contributed by atoms with Crippen LogP contribution < -0.4 is 20.3 Å². The predicted octanol–water partition coefficient (Wildman–Crippen LogP) is 1.71. The fourth-order valence-electron chi connectivity index (χ4n) is 2.26. The molecule has 1 fully saturated rings. The second-order valence-electron chi connectivity index (χ2n) is 5.33. The zero-order chi connectivity index (χ0) is 15.5. The number of aromatic nitrogens is 2. The molecule has 1 heterocycles. The van der Waals surface area contributed by atoms with Gasteiger partial charge < -0.3 is 14.8 Å². The third-order valence-electron chi connectivity index (χ3n) is 3.72. The highest BCUT2D eigenvalue weighted by atomic mass is 16.5. The van der Waals surface area contributed by atoms with E-state index in [4.69, 9.17) is 9.47 Å². The van der Waals surface area contributed by atoms with Gasteiger partial charge in [-0.15, -0.1) is 0 Å². The van der Waals surface area contributed by atoms with Crippen LogP contribution in [-0.4, -0.2) is 30.5 Å². The molecule has 0 bridgehead atoms. The average molecular weight is 301 g/mol. The molecule has 0 unspecified atom stereocenters. The molecule has 0 spiro atoms. The lowest BCUT2D eigenvalue weighted by molar-refractivity contribution is 0.355. The Morgan fingerprint density at radius 2 is 2.00 bits per heavy atom. The Bertz CT molecular complexity index is 723. The first-order valence-corrected chi connectivity index (χ1v) is 7.25. The number of aromatic amines is 1. The third kappa shape index (κ3) is 3.12. The summed E-state index contributed by atoms with van der Waals surface area (Å²) in [7, 11) is 3.18. The first kappa shape index (κ1) is 14.6. The van der Waals surface area contributed by atoms with E-state index in [0.717, 1.165) is 5.56 Å². The molecule has 1 aromatic heterocycles. The number of hydrogen-bond acceptors (Lipinski definition) is 5. The molecule has 3 rings (SSSR count). The highest BCUT2D eigenvalue weighted by molar-refractivity contribution is 5.64. The van der Waals surface area contributed by atoms with Crippen molar-refractivity contribution < 1.29 is 9.47 Å². The van der Waals surface area contributed by atoms with Gasteiger partial charge >= 0.3 is 0 Å². The third-order valence-corrected chi connectivity index (χ3v) is 3.72. The Morgan fingerprint density at radius 3 is 2.68 bits per heavy atom. The fourth-order valence-corrected chi connectivity index (χ4v) is 2.26. The molecule has 0 amide bonds. The van der Waals surface area contributed by atoms with Crippen molar-refractivity contribution >= 4 is 0 Å². The summed E-state index contributed by atoms with van der Waals surface area (Å²) >= 11 is 0. The summed E-state index contributed by atoms with van der Waals surface area (Å²) in [5, 5.41) is 10.0. The van der Waals surface area contributed by atoms with E-state index in [-0.39, 0.29) is 5.56 Å². The van der Waals surface area contributed by atoms with Crippen LogP contribution in [0.3, 0.4) is 0 Å². The van der Waals surface area contributed by atoms with Crippen LogP contribution in [0.2, 0.25) is 0 Å². The number of benzene rings is 1. The second-order valence-corrected chi connectivity index (χ2v) is 5.33. The van der Waals surface area contributed by atoms with Gasteiger partial charge in [0, 0.05) is 23.7 Å². The van der Waals surface area contributed by atoms with E-state index in [2.05, 4.69) is 15.5 Å². The smallest absolute Gasteiger partial charge is 0.268 e. The molecule has 1 aliphatic rings. The van der Waals surface area contributed by atoms with E-state index < -0.39 is 0 Å². The molecule has 1 saturated carbocycles. The first-order chi connectivity index (χ1) is 10.7. The maximum atomic E-state index is 11.9. The maximum Gasteiger partial charge on any atom is 0.268 e. The largest absolute Gasteiger partial charge is 0.493 e. The Balaban J connectivity index is 1.90. The van der Waals surface area contributed by atoms with Crippen LogP contribution in [0.15, 0.2) is 29.1 Å². The number of ether oxygens (including phenoxy) is 2. The number of hydrogen-bond donors (Lipinski definition) is 2. The van der Waals surface area contributed by atoms with Gasteiger partial charge in [0.05, 0.1) is 19.9 Å². The lowest BCUT2D eigenvalue weighted by Crippen LogP contribution is -2.23. The minimum Gasteiger partial charge on any atom is -0.493 e. The average Bonchev–Trinajstić information content (AvgIpc) is 3.37. The highest BCUT2D eigenvalue weighted by Gasteiger charge is 2.20. The molecule has 0 aliphatic heterocycles. The van der Waals surface area contributed by atoms with Gasteiger partial charge in [-0.1, -0.05) is 0 Å². The van der Waals surface area contributed by atoms with E-state index in [1.54, 1.807) is 14.2 Å². The van der Waals surface area contributed by atoms with Gasteiger partial charge in [-0.05, 0) is 37.1 Å². The molecular formula is C16H19N3O3. The zero-order valence-corrected chi connectivity index (χ0v) is 12.7. The molecule has 0 atom stereocenters. The SMILES string of the molecule is COc1ccc(-c2cc(CNC3CC3)c(=O)[nH]n2)cc1OC. The molecule has 2 N–H and O–H groups in total. The Morgan fingerprint density at radius 1 is 1.23 bits per heavy atom.